The quantitative estimate of drug-likeness (QED) is 0.730. The van der Waals surface area contributed by atoms with E-state index in [9.17, 15) is 9.59 Å². The maximum Gasteiger partial charge on any atom is 0.333 e. The molecular formula is C22H25N3O2S. The van der Waals surface area contributed by atoms with E-state index < -0.39 is 6.04 Å². The van der Waals surface area contributed by atoms with Crippen LogP contribution in [0.2, 0.25) is 0 Å². The fourth-order valence-corrected chi connectivity index (χ4v) is 5.51. The van der Waals surface area contributed by atoms with Gasteiger partial charge in [-0.3, -0.25) is 14.6 Å². The third-order valence-electron chi connectivity index (χ3n) is 6.27. The van der Waals surface area contributed by atoms with E-state index in [1.165, 1.54) is 28.2 Å². The van der Waals surface area contributed by atoms with Gasteiger partial charge in [0.15, 0.2) is 0 Å². The van der Waals surface area contributed by atoms with Crippen LogP contribution in [0.15, 0.2) is 35.7 Å². The summed E-state index contributed by atoms with van der Waals surface area (Å²) in [6.07, 6.45) is 3.48. The van der Waals surface area contributed by atoms with Crippen LogP contribution in [0, 0.1) is 12.8 Å². The molecule has 3 aliphatic rings. The Hall–Kier alpha value is -2.18. The van der Waals surface area contributed by atoms with Crippen molar-refractivity contribution in [2.75, 3.05) is 18.1 Å². The van der Waals surface area contributed by atoms with Crippen LogP contribution in [0.25, 0.3) is 0 Å². The van der Waals surface area contributed by atoms with E-state index in [0.717, 1.165) is 24.2 Å². The second-order valence-electron chi connectivity index (χ2n) is 8.22. The topological polar surface area (TPSA) is 43.9 Å². The zero-order chi connectivity index (χ0) is 19.4. The monoisotopic (exact) mass is 395 g/mol. The molecule has 1 saturated heterocycles. The highest BCUT2D eigenvalue weighted by atomic mass is 32.1. The van der Waals surface area contributed by atoms with Crippen molar-refractivity contribution in [3.8, 4) is 0 Å². The Bertz CT molecular complexity index is 918. The molecule has 1 aromatic heterocycles. The molecular weight excluding hydrogens is 370 g/mol. The van der Waals surface area contributed by atoms with Crippen LogP contribution < -0.4 is 4.90 Å². The number of benzene rings is 1. The van der Waals surface area contributed by atoms with Crippen LogP contribution in [-0.2, 0) is 11.2 Å². The second-order valence-corrected chi connectivity index (χ2v) is 9.22. The molecule has 0 N–H and O–H groups in total. The average molecular weight is 396 g/mol. The van der Waals surface area contributed by atoms with Crippen LogP contribution in [0.1, 0.15) is 41.8 Å². The van der Waals surface area contributed by atoms with Gasteiger partial charge >= 0.3 is 6.03 Å². The number of thiophene rings is 1. The van der Waals surface area contributed by atoms with Gasteiger partial charge in [0.1, 0.15) is 6.04 Å². The van der Waals surface area contributed by atoms with Crippen molar-refractivity contribution in [2.45, 2.75) is 45.2 Å². The molecule has 0 spiro atoms. The van der Waals surface area contributed by atoms with Crippen molar-refractivity contribution >= 4 is 29.0 Å². The van der Waals surface area contributed by atoms with Crippen LogP contribution in [-0.4, -0.2) is 41.0 Å². The van der Waals surface area contributed by atoms with Crippen molar-refractivity contribution in [3.63, 3.8) is 0 Å². The van der Waals surface area contributed by atoms with Gasteiger partial charge in [-0.05, 0) is 68.2 Å². The zero-order valence-electron chi connectivity index (χ0n) is 16.3. The SMILES string of the molecule is Cc1ccc(N2C(=O)N(CN3CCc4sccc4[C@@H]3C3CC3)C(=O)[C@H]2C)cc1. The van der Waals surface area contributed by atoms with Crippen LogP contribution in [0.3, 0.4) is 0 Å². The van der Waals surface area contributed by atoms with E-state index in [1.807, 2.05) is 49.4 Å². The highest BCUT2D eigenvalue weighted by Gasteiger charge is 2.46. The number of rotatable bonds is 4. The maximum atomic E-state index is 13.2. The van der Waals surface area contributed by atoms with E-state index in [0.29, 0.717) is 18.6 Å². The lowest BCUT2D eigenvalue weighted by Gasteiger charge is -2.37. The lowest BCUT2D eigenvalue weighted by molar-refractivity contribution is -0.129. The molecule has 28 heavy (non-hydrogen) atoms. The fourth-order valence-electron chi connectivity index (χ4n) is 4.60. The predicted octanol–water partition coefficient (Wildman–Crippen LogP) is 4.18. The molecule has 2 aromatic rings. The summed E-state index contributed by atoms with van der Waals surface area (Å²) in [4.78, 5) is 33.1. The molecule has 2 fully saturated rings. The number of hydrogen-bond donors (Lipinski definition) is 0. The Morgan fingerprint density at radius 1 is 1.11 bits per heavy atom. The maximum absolute atomic E-state index is 13.2. The molecule has 0 unspecified atom stereocenters. The van der Waals surface area contributed by atoms with Gasteiger partial charge in [-0.1, -0.05) is 17.7 Å². The van der Waals surface area contributed by atoms with Crippen molar-refractivity contribution in [1.29, 1.82) is 0 Å². The summed E-state index contributed by atoms with van der Waals surface area (Å²) >= 11 is 1.84. The third kappa shape index (κ3) is 2.86. The molecule has 1 saturated carbocycles. The van der Waals surface area contributed by atoms with E-state index in [4.69, 9.17) is 0 Å². The molecule has 2 atom stereocenters. The number of imide groups is 1. The Kier molecular flexibility index (Phi) is 4.29. The van der Waals surface area contributed by atoms with E-state index in [-0.39, 0.29) is 11.9 Å². The number of amides is 3. The van der Waals surface area contributed by atoms with Gasteiger partial charge in [0.25, 0.3) is 5.91 Å². The number of carbonyl (C=O) groups is 2. The summed E-state index contributed by atoms with van der Waals surface area (Å²) in [5, 5.41) is 2.18. The smallest absolute Gasteiger partial charge is 0.282 e. The summed E-state index contributed by atoms with van der Waals surface area (Å²) < 4.78 is 0. The van der Waals surface area contributed by atoms with Gasteiger partial charge < -0.3 is 0 Å². The minimum absolute atomic E-state index is 0.101. The van der Waals surface area contributed by atoms with Crippen molar-refractivity contribution in [3.05, 3.63) is 51.7 Å². The molecule has 3 heterocycles. The number of carbonyl (C=O) groups excluding carboxylic acids is 2. The lowest BCUT2D eigenvalue weighted by Crippen LogP contribution is -2.46. The number of fused-ring (bicyclic) bond motifs is 1. The third-order valence-corrected chi connectivity index (χ3v) is 7.27. The van der Waals surface area contributed by atoms with Crippen LogP contribution in [0.4, 0.5) is 10.5 Å². The Labute approximate surface area is 169 Å². The number of urea groups is 1. The fraction of sp³-hybridized carbons (Fsp3) is 0.455. The first-order chi connectivity index (χ1) is 13.5. The van der Waals surface area contributed by atoms with E-state index >= 15 is 0 Å². The van der Waals surface area contributed by atoms with Gasteiger partial charge in [-0.25, -0.2) is 9.69 Å². The minimum Gasteiger partial charge on any atom is -0.282 e. The first-order valence-corrected chi connectivity index (χ1v) is 10.9. The Balaban J connectivity index is 1.40. The Morgan fingerprint density at radius 2 is 1.86 bits per heavy atom. The molecule has 3 amide bonds. The van der Waals surface area contributed by atoms with Gasteiger partial charge in [-0.15, -0.1) is 11.3 Å². The Morgan fingerprint density at radius 3 is 2.57 bits per heavy atom. The van der Waals surface area contributed by atoms with Crippen molar-refractivity contribution in [2.24, 2.45) is 5.92 Å². The average Bonchev–Trinajstić information content (AvgIpc) is 3.37. The highest BCUT2D eigenvalue weighted by molar-refractivity contribution is 7.10. The summed E-state index contributed by atoms with van der Waals surface area (Å²) in [6.45, 7) is 5.14. The normalized spacial score (nSPS) is 25.5. The molecule has 146 valence electrons. The summed E-state index contributed by atoms with van der Waals surface area (Å²) in [7, 11) is 0. The van der Waals surface area contributed by atoms with Crippen molar-refractivity contribution in [1.82, 2.24) is 9.80 Å². The molecule has 1 aromatic carbocycles. The number of nitrogens with zero attached hydrogens (tertiary/aromatic N) is 3. The standard InChI is InChI=1S/C22H25N3O2S/c1-14-3-7-17(8-4-14)25-15(2)21(26)24(22(25)27)13-23-11-9-19-18(10-12-28-19)20(23)16-5-6-16/h3-4,7-8,10,12,15-16,20H,5-6,9,11,13H2,1-2H3/t15-,20+/m1/s1. The number of aryl methyl sites for hydroxylation is 1. The zero-order valence-corrected chi connectivity index (χ0v) is 17.1. The largest absolute Gasteiger partial charge is 0.333 e. The summed E-state index contributed by atoms with van der Waals surface area (Å²) in [5.74, 6) is 0.559. The highest BCUT2D eigenvalue weighted by Crippen LogP contribution is 2.48. The molecule has 0 bridgehead atoms. The van der Waals surface area contributed by atoms with Crippen LogP contribution in [0.5, 0.6) is 0 Å². The van der Waals surface area contributed by atoms with E-state index in [2.05, 4.69) is 16.3 Å². The summed E-state index contributed by atoms with van der Waals surface area (Å²) in [6, 6.07) is 9.73. The molecule has 5 rings (SSSR count). The van der Waals surface area contributed by atoms with Crippen molar-refractivity contribution < 1.29 is 9.59 Å². The second kappa shape index (κ2) is 6.71. The molecule has 5 nitrogen and oxygen atoms in total. The number of anilines is 1. The first kappa shape index (κ1) is 17.9. The first-order valence-electron chi connectivity index (χ1n) is 10.1. The number of hydrogen-bond acceptors (Lipinski definition) is 4. The summed E-state index contributed by atoms with van der Waals surface area (Å²) in [5.41, 5.74) is 3.34. The lowest BCUT2D eigenvalue weighted by atomic mass is 9.96. The van der Waals surface area contributed by atoms with Gasteiger partial charge in [0, 0.05) is 23.2 Å². The van der Waals surface area contributed by atoms with Gasteiger partial charge in [0.2, 0.25) is 0 Å². The van der Waals surface area contributed by atoms with Crippen LogP contribution >= 0.6 is 11.3 Å². The molecule has 2 aliphatic heterocycles. The predicted molar refractivity (Wildman–Crippen MR) is 110 cm³/mol. The molecule has 0 radical (unpaired) electrons. The molecule has 6 heteroatoms. The minimum atomic E-state index is -0.462. The van der Waals surface area contributed by atoms with E-state index in [1.54, 1.807) is 4.90 Å². The van der Waals surface area contributed by atoms with Gasteiger partial charge in [0.05, 0.1) is 6.67 Å². The molecule has 1 aliphatic carbocycles. The van der Waals surface area contributed by atoms with Gasteiger partial charge in [-0.2, -0.15) is 0 Å².